The van der Waals surface area contributed by atoms with Crippen LogP contribution in [0.25, 0.3) is 0 Å². The summed E-state index contributed by atoms with van der Waals surface area (Å²) in [6.45, 7) is 9.65. The molecule has 2 unspecified atom stereocenters. The molecule has 0 radical (unpaired) electrons. The van der Waals surface area contributed by atoms with Gasteiger partial charge in [-0.25, -0.2) is 0 Å². The zero-order chi connectivity index (χ0) is 14.8. The van der Waals surface area contributed by atoms with E-state index >= 15 is 0 Å². The monoisotopic (exact) mass is 288 g/mol. The Morgan fingerprint density at radius 3 is 2.52 bits per heavy atom. The smallest absolute Gasteiger partial charge is 0.119 e. The normalized spacial score (nSPS) is 26.2. The van der Waals surface area contributed by atoms with E-state index in [9.17, 15) is 0 Å². The van der Waals surface area contributed by atoms with Crippen LogP contribution in [0.5, 0.6) is 5.75 Å². The Balaban J connectivity index is 1.76. The van der Waals surface area contributed by atoms with E-state index in [1.807, 2.05) is 6.92 Å². The van der Waals surface area contributed by atoms with Gasteiger partial charge in [-0.3, -0.25) is 0 Å². The molecule has 1 heterocycles. The number of hydrogen-bond donors (Lipinski definition) is 1. The van der Waals surface area contributed by atoms with E-state index in [0.29, 0.717) is 18.0 Å². The van der Waals surface area contributed by atoms with Gasteiger partial charge in [0.2, 0.25) is 0 Å². The molecule has 1 saturated heterocycles. The number of benzene rings is 1. The van der Waals surface area contributed by atoms with Crippen molar-refractivity contribution in [3.05, 3.63) is 24.3 Å². The van der Waals surface area contributed by atoms with Crippen molar-refractivity contribution < 1.29 is 4.74 Å². The van der Waals surface area contributed by atoms with Crippen LogP contribution in [0, 0.1) is 11.8 Å². The molecule has 3 heteroatoms. The molecule has 1 N–H and O–H groups in total. The number of anilines is 1. The standard InChI is InChI=1S/C18H28N2O/c1-4-21-16-9-7-15(8-10-16)20-12-17(14-5-6-14)19-11-18(20)13(2)3/h7-10,13-14,17-19H,4-6,11-12H2,1-3H3. The van der Waals surface area contributed by atoms with Crippen molar-refractivity contribution in [3.63, 3.8) is 0 Å². The van der Waals surface area contributed by atoms with Gasteiger partial charge in [-0.15, -0.1) is 0 Å². The van der Waals surface area contributed by atoms with E-state index in [-0.39, 0.29) is 0 Å². The Morgan fingerprint density at radius 2 is 1.95 bits per heavy atom. The van der Waals surface area contributed by atoms with Crippen molar-refractivity contribution in [1.82, 2.24) is 5.32 Å². The third-order valence-corrected chi connectivity index (χ3v) is 4.82. The minimum absolute atomic E-state index is 0.581. The van der Waals surface area contributed by atoms with Crippen LogP contribution in [0.4, 0.5) is 5.69 Å². The van der Waals surface area contributed by atoms with E-state index in [1.165, 1.54) is 18.5 Å². The number of piperazine rings is 1. The second-order valence-electron chi connectivity index (χ2n) is 6.74. The second-order valence-corrected chi connectivity index (χ2v) is 6.74. The van der Waals surface area contributed by atoms with E-state index < -0.39 is 0 Å². The third kappa shape index (κ3) is 3.34. The average Bonchev–Trinajstić information content (AvgIpc) is 3.32. The molecule has 1 aliphatic carbocycles. The summed E-state index contributed by atoms with van der Waals surface area (Å²) in [5.41, 5.74) is 1.34. The molecular formula is C18H28N2O. The molecule has 1 aromatic rings. The molecule has 0 aromatic heterocycles. The predicted molar refractivity (Wildman–Crippen MR) is 88.1 cm³/mol. The van der Waals surface area contributed by atoms with Crippen LogP contribution in [0.1, 0.15) is 33.6 Å². The Kier molecular flexibility index (Phi) is 4.39. The highest BCUT2D eigenvalue weighted by molar-refractivity contribution is 5.51. The lowest BCUT2D eigenvalue weighted by molar-refractivity contribution is 0.319. The fourth-order valence-corrected chi connectivity index (χ4v) is 3.40. The maximum absolute atomic E-state index is 5.56. The van der Waals surface area contributed by atoms with Gasteiger partial charge in [0, 0.05) is 30.9 Å². The summed E-state index contributed by atoms with van der Waals surface area (Å²) < 4.78 is 5.56. The molecule has 21 heavy (non-hydrogen) atoms. The first-order valence-corrected chi connectivity index (χ1v) is 8.42. The van der Waals surface area contributed by atoms with Crippen molar-refractivity contribution >= 4 is 5.69 Å². The summed E-state index contributed by atoms with van der Waals surface area (Å²) in [6, 6.07) is 9.89. The summed E-state index contributed by atoms with van der Waals surface area (Å²) in [5.74, 6) is 2.53. The minimum atomic E-state index is 0.581. The Hall–Kier alpha value is -1.22. The first kappa shape index (κ1) is 14.7. The third-order valence-electron chi connectivity index (χ3n) is 4.82. The molecule has 0 spiro atoms. The molecule has 116 valence electrons. The Labute approximate surface area is 128 Å². The maximum Gasteiger partial charge on any atom is 0.119 e. The van der Waals surface area contributed by atoms with Gasteiger partial charge >= 0.3 is 0 Å². The first-order chi connectivity index (χ1) is 10.2. The lowest BCUT2D eigenvalue weighted by Crippen LogP contribution is -2.59. The zero-order valence-corrected chi connectivity index (χ0v) is 13.5. The van der Waals surface area contributed by atoms with Crippen LogP contribution in [-0.2, 0) is 0 Å². The molecule has 0 amide bonds. The number of hydrogen-bond acceptors (Lipinski definition) is 3. The number of rotatable bonds is 5. The highest BCUT2D eigenvalue weighted by Crippen LogP contribution is 2.36. The zero-order valence-electron chi connectivity index (χ0n) is 13.5. The Bertz CT molecular complexity index is 453. The van der Waals surface area contributed by atoms with Crippen LogP contribution in [0.15, 0.2) is 24.3 Å². The lowest BCUT2D eigenvalue weighted by Gasteiger charge is -2.44. The van der Waals surface area contributed by atoms with Gasteiger partial charge < -0.3 is 15.0 Å². The van der Waals surface area contributed by atoms with E-state index in [1.54, 1.807) is 0 Å². The van der Waals surface area contributed by atoms with Crippen LogP contribution in [0.3, 0.4) is 0 Å². The average molecular weight is 288 g/mol. The lowest BCUT2D eigenvalue weighted by atomic mass is 9.96. The molecule has 1 saturated carbocycles. The largest absolute Gasteiger partial charge is 0.494 e. The molecule has 2 aliphatic rings. The van der Waals surface area contributed by atoms with Crippen LogP contribution in [-0.4, -0.2) is 31.8 Å². The molecule has 3 rings (SSSR count). The van der Waals surface area contributed by atoms with Crippen molar-refractivity contribution in [3.8, 4) is 5.75 Å². The highest BCUT2D eigenvalue weighted by Gasteiger charge is 2.38. The number of nitrogens with one attached hydrogen (secondary N) is 1. The summed E-state index contributed by atoms with van der Waals surface area (Å²) >= 11 is 0. The van der Waals surface area contributed by atoms with Crippen LogP contribution in [0.2, 0.25) is 0 Å². The fraction of sp³-hybridized carbons (Fsp3) is 0.667. The fourth-order valence-electron chi connectivity index (χ4n) is 3.40. The van der Waals surface area contributed by atoms with Gasteiger partial charge in [-0.2, -0.15) is 0 Å². The topological polar surface area (TPSA) is 24.5 Å². The highest BCUT2D eigenvalue weighted by atomic mass is 16.5. The quantitative estimate of drug-likeness (QED) is 0.899. The van der Waals surface area contributed by atoms with Crippen molar-refractivity contribution in [2.75, 3.05) is 24.6 Å². The summed E-state index contributed by atoms with van der Waals surface area (Å²) in [4.78, 5) is 2.61. The minimum Gasteiger partial charge on any atom is -0.494 e. The van der Waals surface area contributed by atoms with Crippen molar-refractivity contribution in [1.29, 1.82) is 0 Å². The van der Waals surface area contributed by atoms with Gasteiger partial charge in [0.05, 0.1) is 6.61 Å². The van der Waals surface area contributed by atoms with Gasteiger partial charge in [0.15, 0.2) is 0 Å². The van der Waals surface area contributed by atoms with E-state index in [4.69, 9.17) is 4.74 Å². The molecule has 2 fully saturated rings. The van der Waals surface area contributed by atoms with Gasteiger partial charge in [0.25, 0.3) is 0 Å². The van der Waals surface area contributed by atoms with Crippen LogP contribution >= 0.6 is 0 Å². The number of ether oxygens (including phenoxy) is 1. The summed E-state index contributed by atoms with van der Waals surface area (Å²) in [5, 5.41) is 3.78. The predicted octanol–water partition coefficient (Wildman–Crippen LogP) is 3.30. The summed E-state index contributed by atoms with van der Waals surface area (Å²) in [6.07, 6.45) is 2.81. The van der Waals surface area contributed by atoms with E-state index in [2.05, 4.69) is 48.3 Å². The van der Waals surface area contributed by atoms with Gasteiger partial charge in [0.1, 0.15) is 5.75 Å². The van der Waals surface area contributed by atoms with Gasteiger partial charge in [-0.1, -0.05) is 13.8 Å². The maximum atomic E-state index is 5.56. The van der Waals surface area contributed by atoms with Crippen LogP contribution < -0.4 is 15.0 Å². The number of nitrogens with zero attached hydrogens (tertiary/aromatic N) is 1. The molecular weight excluding hydrogens is 260 g/mol. The molecule has 2 atom stereocenters. The summed E-state index contributed by atoms with van der Waals surface area (Å²) in [7, 11) is 0. The SMILES string of the molecule is CCOc1ccc(N2CC(C3CC3)NCC2C(C)C)cc1. The molecule has 1 aromatic carbocycles. The first-order valence-electron chi connectivity index (χ1n) is 8.42. The van der Waals surface area contributed by atoms with Crippen molar-refractivity contribution in [2.24, 2.45) is 11.8 Å². The molecule has 1 aliphatic heterocycles. The van der Waals surface area contributed by atoms with E-state index in [0.717, 1.165) is 31.4 Å². The molecule has 0 bridgehead atoms. The Morgan fingerprint density at radius 1 is 1.24 bits per heavy atom. The second kappa shape index (κ2) is 6.27. The van der Waals surface area contributed by atoms with Crippen molar-refractivity contribution in [2.45, 2.75) is 45.7 Å². The van der Waals surface area contributed by atoms with Gasteiger partial charge in [-0.05, 0) is 55.9 Å². The molecule has 3 nitrogen and oxygen atoms in total.